The molecule has 2 bridgehead atoms. The summed E-state index contributed by atoms with van der Waals surface area (Å²) in [6.45, 7) is 1.48. The van der Waals surface area contributed by atoms with Crippen molar-refractivity contribution in [2.24, 2.45) is 5.92 Å². The second-order valence-electron chi connectivity index (χ2n) is 8.56. The lowest BCUT2D eigenvalue weighted by atomic mass is 9.76. The minimum Gasteiger partial charge on any atom is -0.484 e. The summed E-state index contributed by atoms with van der Waals surface area (Å²) in [7, 11) is 0. The van der Waals surface area contributed by atoms with E-state index in [1.54, 1.807) is 6.07 Å². The molecule has 3 saturated carbocycles. The van der Waals surface area contributed by atoms with Crippen LogP contribution in [0.4, 0.5) is 10.2 Å². The van der Waals surface area contributed by atoms with Gasteiger partial charge in [-0.05, 0) is 43.7 Å². The number of hydrogen-bond donors (Lipinski definition) is 3. The van der Waals surface area contributed by atoms with E-state index in [9.17, 15) is 14.0 Å². The smallest absolute Gasteiger partial charge is 0.272 e. The number of aryl methyl sites for hydroxylation is 1. The Bertz CT molecular complexity index is 1010. The highest BCUT2D eigenvalue weighted by molar-refractivity contribution is 6.30. The van der Waals surface area contributed by atoms with Gasteiger partial charge < -0.3 is 20.7 Å². The van der Waals surface area contributed by atoms with Crippen molar-refractivity contribution >= 4 is 29.2 Å². The Kier molecular flexibility index (Phi) is 5.00. The SMILES string of the molecule is O=C(COc1ccc(Cl)c(F)c1)N[C@H]1CC2(NC(=O)c3cc4n(n3)CCCN4)CC1C2. The van der Waals surface area contributed by atoms with E-state index in [4.69, 9.17) is 16.3 Å². The molecule has 3 fully saturated rings. The zero-order valence-electron chi connectivity index (χ0n) is 16.8. The average Bonchev–Trinajstić information content (AvgIpc) is 3.39. The van der Waals surface area contributed by atoms with E-state index >= 15 is 0 Å². The van der Waals surface area contributed by atoms with Crippen LogP contribution in [-0.2, 0) is 11.3 Å². The van der Waals surface area contributed by atoms with Crippen LogP contribution in [0.15, 0.2) is 24.3 Å². The number of nitrogens with zero attached hydrogens (tertiary/aromatic N) is 2. The van der Waals surface area contributed by atoms with Crippen molar-refractivity contribution in [2.45, 2.75) is 43.8 Å². The average molecular weight is 448 g/mol. The van der Waals surface area contributed by atoms with Crippen molar-refractivity contribution in [1.82, 2.24) is 20.4 Å². The molecular weight excluding hydrogens is 425 g/mol. The van der Waals surface area contributed by atoms with Crippen LogP contribution >= 0.6 is 11.6 Å². The maximum Gasteiger partial charge on any atom is 0.272 e. The molecule has 2 amide bonds. The number of amides is 2. The number of ether oxygens (including phenoxy) is 1. The molecule has 3 N–H and O–H groups in total. The Balaban J connectivity index is 1.13. The van der Waals surface area contributed by atoms with E-state index < -0.39 is 5.82 Å². The highest BCUT2D eigenvalue weighted by atomic mass is 35.5. The Morgan fingerprint density at radius 1 is 1.32 bits per heavy atom. The summed E-state index contributed by atoms with van der Waals surface area (Å²) in [5.74, 6) is 0.396. The molecule has 10 heteroatoms. The first-order valence-corrected chi connectivity index (χ1v) is 10.8. The van der Waals surface area contributed by atoms with E-state index in [1.807, 2.05) is 4.68 Å². The summed E-state index contributed by atoms with van der Waals surface area (Å²) < 4.78 is 20.6. The highest BCUT2D eigenvalue weighted by Crippen LogP contribution is 2.52. The lowest BCUT2D eigenvalue weighted by molar-refractivity contribution is -0.124. The third-order valence-corrected chi connectivity index (χ3v) is 6.64. The highest BCUT2D eigenvalue weighted by Gasteiger charge is 2.57. The first-order chi connectivity index (χ1) is 14.9. The molecular formula is C21H23ClFN5O3. The van der Waals surface area contributed by atoms with Gasteiger partial charge in [-0.1, -0.05) is 11.6 Å². The van der Waals surface area contributed by atoms with Gasteiger partial charge in [-0.25, -0.2) is 9.07 Å². The fraction of sp³-hybridized carbons (Fsp3) is 0.476. The van der Waals surface area contributed by atoms with Crippen molar-refractivity contribution in [2.75, 3.05) is 18.5 Å². The normalized spacial score (nSPS) is 25.7. The second kappa shape index (κ2) is 7.71. The van der Waals surface area contributed by atoms with Crippen molar-refractivity contribution in [3.05, 3.63) is 40.8 Å². The standard InChI is InChI=1S/C21H23ClFN5O3/c22-14-3-2-13(6-15(14)23)31-11-19(29)25-17-10-21(8-12(17)9-21)26-20(30)16-7-18-24-4-1-5-28(18)27-16/h2-3,6-7,12,17,24H,1,4-5,8-11H2,(H,25,29)(H,26,30)/t12?,17-,21?/m0/s1. The Morgan fingerprint density at radius 2 is 2.16 bits per heavy atom. The van der Waals surface area contributed by atoms with E-state index in [0.717, 1.165) is 44.2 Å². The molecule has 4 aliphatic rings. The van der Waals surface area contributed by atoms with E-state index in [0.29, 0.717) is 18.0 Å². The molecule has 1 aromatic carbocycles. The monoisotopic (exact) mass is 447 g/mol. The number of fused-ring (bicyclic) bond motifs is 2. The molecule has 3 aliphatic carbocycles. The zero-order chi connectivity index (χ0) is 21.6. The molecule has 1 atom stereocenters. The van der Waals surface area contributed by atoms with Gasteiger partial charge in [0.15, 0.2) is 12.3 Å². The lowest BCUT2D eigenvalue weighted by Crippen LogP contribution is -2.52. The second-order valence-corrected chi connectivity index (χ2v) is 8.97. The number of benzene rings is 1. The predicted octanol–water partition coefficient (Wildman–Crippen LogP) is 2.34. The van der Waals surface area contributed by atoms with Crippen LogP contribution in [0.1, 0.15) is 36.2 Å². The van der Waals surface area contributed by atoms with Crippen molar-refractivity contribution in [3.8, 4) is 5.75 Å². The number of anilines is 1. The first-order valence-electron chi connectivity index (χ1n) is 10.4. The molecule has 0 radical (unpaired) electrons. The molecule has 1 aliphatic heterocycles. The van der Waals surface area contributed by atoms with Crippen LogP contribution in [0.5, 0.6) is 5.75 Å². The van der Waals surface area contributed by atoms with E-state index in [2.05, 4.69) is 21.0 Å². The first kappa shape index (κ1) is 20.1. The lowest BCUT2D eigenvalue weighted by Gasteiger charge is -2.38. The number of halogens is 2. The number of rotatable bonds is 6. The van der Waals surface area contributed by atoms with Gasteiger partial charge in [-0.2, -0.15) is 5.10 Å². The fourth-order valence-corrected chi connectivity index (χ4v) is 4.98. The number of carbonyl (C=O) groups is 2. The van der Waals surface area contributed by atoms with Crippen LogP contribution in [-0.4, -0.2) is 46.3 Å². The molecule has 31 heavy (non-hydrogen) atoms. The largest absolute Gasteiger partial charge is 0.484 e. The summed E-state index contributed by atoms with van der Waals surface area (Å²) in [6.07, 6.45) is 3.33. The summed E-state index contributed by atoms with van der Waals surface area (Å²) in [6, 6.07) is 5.81. The third-order valence-electron chi connectivity index (χ3n) is 6.34. The summed E-state index contributed by atoms with van der Waals surface area (Å²) >= 11 is 5.64. The molecule has 6 rings (SSSR count). The maximum atomic E-state index is 13.5. The summed E-state index contributed by atoms with van der Waals surface area (Å²) in [5.41, 5.74) is 0.121. The summed E-state index contributed by atoms with van der Waals surface area (Å²) in [4.78, 5) is 25.0. The van der Waals surface area contributed by atoms with Crippen LogP contribution in [0, 0.1) is 11.7 Å². The van der Waals surface area contributed by atoms with Gasteiger partial charge in [0.1, 0.15) is 17.4 Å². The topological polar surface area (TPSA) is 97.3 Å². The van der Waals surface area contributed by atoms with Gasteiger partial charge in [0.25, 0.3) is 11.8 Å². The summed E-state index contributed by atoms with van der Waals surface area (Å²) in [5, 5.41) is 13.8. The van der Waals surface area contributed by atoms with Crippen molar-refractivity contribution < 1.29 is 18.7 Å². The molecule has 2 heterocycles. The third kappa shape index (κ3) is 3.94. The molecule has 8 nitrogen and oxygen atoms in total. The Morgan fingerprint density at radius 3 is 2.94 bits per heavy atom. The molecule has 164 valence electrons. The van der Waals surface area contributed by atoms with Crippen LogP contribution in [0.2, 0.25) is 5.02 Å². The number of aromatic nitrogens is 2. The molecule has 2 aromatic rings. The van der Waals surface area contributed by atoms with Gasteiger partial charge in [-0.3, -0.25) is 9.59 Å². The zero-order valence-corrected chi connectivity index (χ0v) is 17.5. The number of hydrogen-bond acceptors (Lipinski definition) is 5. The van der Waals surface area contributed by atoms with Crippen LogP contribution in [0.3, 0.4) is 0 Å². The number of carbonyl (C=O) groups excluding carboxylic acids is 2. The van der Waals surface area contributed by atoms with Crippen LogP contribution < -0.4 is 20.7 Å². The molecule has 1 aromatic heterocycles. The van der Waals surface area contributed by atoms with Crippen molar-refractivity contribution in [1.29, 1.82) is 0 Å². The Hall–Kier alpha value is -2.81. The van der Waals surface area contributed by atoms with Gasteiger partial charge in [0.2, 0.25) is 0 Å². The molecule has 0 unspecified atom stereocenters. The predicted molar refractivity (Wildman–Crippen MR) is 112 cm³/mol. The molecule has 0 saturated heterocycles. The van der Waals surface area contributed by atoms with E-state index in [-0.39, 0.29) is 40.8 Å². The van der Waals surface area contributed by atoms with E-state index in [1.165, 1.54) is 12.1 Å². The minimum absolute atomic E-state index is 0.00171. The number of nitrogens with one attached hydrogen (secondary N) is 3. The maximum absolute atomic E-state index is 13.5. The molecule has 0 spiro atoms. The fourth-order valence-electron chi connectivity index (χ4n) is 4.86. The van der Waals surface area contributed by atoms with Gasteiger partial charge >= 0.3 is 0 Å². The van der Waals surface area contributed by atoms with Gasteiger partial charge in [0.05, 0.1) is 5.02 Å². The quantitative estimate of drug-likeness (QED) is 0.631. The van der Waals surface area contributed by atoms with Crippen LogP contribution in [0.25, 0.3) is 0 Å². The minimum atomic E-state index is -0.594. The van der Waals surface area contributed by atoms with Crippen molar-refractivity contribution in [3.63, 3.8) is 0 Å². The Labute approximate surface area is 183 Å². The van der Waals surface area contributed by atoms with Gasteiger partial charge in [-0.15, -0.1) is 0 Å². The van der Waals surface area contributed by atoms with Gasteiger partial charge in [0, 0.05) is 36.8 Å².